The number of hydrazone groups is 1. The van der Waals surface area contributed by atoms with Gasteiger partial charge in [0.25, 0.3) is 0 Å². The molecule has 4 aliphatic rings. The molecule has 3 fully saturated rings. The number of halogens is 2. The number of hydrogen-bond donors (Lipinski definition) is 1. The Morgan fingerprint density at radius 3 is 2.48 bits per heavy atom. The van der Waals surface area contributed by atoms with Crippen LogP contribution >= 0.6 is 0 Å². The topological polar surface area (TPSA) is 62.1 Å². The number of nitrogens with zero attached hydrogens (tertiary/aromatic N) is 2. The van der Waals surface area contributed by atoms with Crippen molar-refractivity contribution in [3.8, 4) is 5.75 Å². The molecule has 1 amide bonds. The highest BCUT2D eigenvalue weighted by molar-refractivity contribution is 5.83. The van der Waals surface area contributed by atoms with E-state index in [1.54, 1.807) is 13.3 Å². The maximum Gasteiger partial charge on any atom is 0.246 e. The number of benzene rings is 2. The van der Waals surface area contributed by atoms with Crippen molar-refractivity contribution >= 4 is 12.1 Å². The maximum atomic E-state index is 13.7. The molecule has 2 unspecified atom stereocenters. The Kier molecular flexibility index (Phi) is 4.81. The number of ether oxygens (including phenoxy) is 1. The standard InChI is InChI=1S/C24H24F2N2O3/c1-31-19-4-2-14(3-5-19)22(29)24-11-16(12-24)20(13-24)23(30)28-21(6-7-27-28)15-8-17(25)10-18(26)9-15/h2-5,7-10,16,20-22,29H,6,11-13H2,1H3/t16?,20-,21?,22?,24?/m0/s1. The van der Waals surface area contributed by atoms with Crippen molar-refractivity contribution in [3.63, 3.8) is 0 Å². The first kappa shape index (κ1) is 20.1. The number of carbonyl (C=O) groups excluding carboxylic acids is 1. The Balaban J connectivity index is 1.32. The Labute approximate surface area is 179 Å². The molecule has 1 N–H and O–H groups in total. The molecular weight excluding hydrogens is 402 g/mol. The number of methoxy groups -OCH3 is 1. The molecule has 31 heavy (non-hydrogen) atoms. The number of rotatable bonds is 5. The van der Waals surface area contributed by atoms with Crippen LogP contribution in [-0.4, -0.2) is 29.3 Å². The Bertz CT molecular complexity index is 1010. The van der Waals surface area contributed by atoms with Crippen LogP contribution in [0.3, 0.4) is 0 Å². The third-order valence-electron chi connectivity index (χ3n) is 7.19. The summed E-state index contributed by atoms with van der Waals surface area (Å²) in [5.74, 6) is -0.788. The SMILES string of the molecule is COc1ccc(C(O)C23CC(C2)[C@@H](C(=O)N2N=CCC2c2cc(F)cc(F)c2)C3)cc1. The van der Waals surface area contributed by atoms with E-state index >= 15 is 0 Å². The largest absolute Gasteiger partial charge is 0.497 e. The molecule has 162 valence electrons. The van der Waals surface area contributed by atoms with Crippen molar-refractivity contribution in [1.29, 1.82) is 0 Å². The number of aliphatic hydroxyl groups excluding tert-OH is 1. The summed E-state index contributed by atoms with van der Waals surface area (Å²) in [5.41, 5.74) is 0.907. The van der Waals surface area contributed by atoms with E-state index in [0.717, 1.165) is 30.2 Å². The smallest absolute Gasteiger partial charge is 0.246 e. The van der Waals surface area contributed by atoms with Crippen LogP contribution in [0.25, 0.3) is 0 Å². The van der Waals surface area contributed by atoms with E-state index < -0.39 is 23.8 Å². The summed E-state index contributed by atoms with van der Waals surface area (Å²) in [6.45, 7) is 0. The van der Waals surface area contributed by atoms with Gasteiger partial charge in [-0.25, -0.2) is 13.8 Å². The van der Waals surface area contributed by atoms with Crippen molar-refractivity contribution in [2.24, 2.45) is 22.4 Å². The lowest BCUT2D eigenvalue weighted by molar-refractivity contribution is -0.138. The van der Waals surface area contributed by atoms with Crippen molar-refractivity contribution in [2.45, 2.75) is 37.8 Å². The lowest BCUT2D eigenvalue weighted by Crippen LogP contribution is -2.36. The van der Waals surface area contributed by atoms with Crippen molar-refractivity contribution in [1.82, 2.24) is 5.01 Å². The minimum Gasteiger partial charge on any atom is -0.497 e. The van der Waals surface area contributed by atoms with Crippen molar-refractivity contribution in [2.75, 3.05) is 7.11 Å². The fraction of sp³-hybridized carbons (Fsp3) is 0.417. The Morgan fingerprint density at radius 1 is 1.16 bits per heavy atom. The second kappa shape index (κ2) is 7.41. The second-order valence-electron chi connectivity index (χ2n) is 8.95. The van der Waals surface area contributed by atoms with E-state index in [4.69, 9.17) is 4.74 Å². The van der Waals surface area contributed by atoms with Gasteiger partial charge in [-0.05, 0) is 60.6 Å². The van der Waals surface area contributed by atoms with Crippen LogP contribution < -0.4 is 4.74 Å². The van der Waals surface area contributed by atoms with E-state index in [-0.39, 0.29) is 23.2 Å². The van der Waals surface area contributed by atoms with E-state index in [2.05, 4.69) is 5.10 Å². The van der Waals surface area contributed by atoms with Gasteiger partial charge in [0.05, 0.1) is 19.3 Å². The molecule has 7 heteroatoms. The van der Waals surface area contributed by atoms with Gasteiger partial charge < -0.3 is 9.84 Å². The molecule has 5 nitrogen and oxygen atoms in total. The quantitative estimate of drug-likeness (QED) is 0.772. The highest BCUT2D eigenvalue weighted by Crippen LogP contribution is 2.67. The van der Waals surface area contributed by atoms with Crippen LogP contribution in [0.1, 0.15) is 49.0 Å². The fourth-order valence-corrected chi connectivity index (χ4v) is 5.64. The third-order valence-corrected chi connectivity index (χ3v) is 7.19. The summed E-state index contributed by atoms with van der Waals surface area (Å²) < 4.78 is 32.6. The summed E-state index contributed by atoms with van der Waals surface area (Å²) in [4.78, 5) is 13.3. The molecule has 0 radical (unpaired) electrons. The van der Waals surface area contributed by atoms with Crippen LogP contribution in [-0.2, 0) is 4.79 Å². The van der Waals surface area contributed by atoms with Crippen LogP contribution in [0.2, 0.25) is 0 Å². The van der Waals surface area contributed by atoms with Gasteiger partial charge in [-0.2, -0.15) is 5.10 Å². The average molecular weight is 426 g/mol. The van der Waals surface area contributed by atoms with Crippen molar-refractivity contribution in [3.05, 3.63) is 65.2 Å². The fourth-order valence-electron chi connectivity index (χ4n) is 5.64. The number of aliphatic hydroxyl groups is 1. The van der Waals surface area contributed by atoms with Crippen molar-refractivity contribution < 1.29 is 23.4 Å². The van der Waals surface area contributed by atoms with E-state index in [0.29, 0.717) is 18.4 Å². The van der Waals surface area contributed by atoms with Gasteiger partial charge in [0.1, 0.15) is 17.4 Å². The second-order valence-corrected chi connectivity index (χ2v) is 8.95. The number of carbonyl (C=O) groups is 1. The summed E-state index contributed by atoms with van der Waals surface area (Å²) in [6.07, 6.45) is 3.54. The maximum absolute atomic E-state index is 13.7. The highest BCUT2D eigenvalue weighted by atomic mass is 19.1. The molecule has 2 aromatic rings. The monoisotopic (exact) mass is 426 g/mol. The molecule has 3 atom stereocenters. The molecule has 1 aliphatic heterocycles. The van der Waals surface area contributed by atoms with Gasteiger partial charge >= 0.3 is 0 Å². The number of fused-ring (bicyclic) bond motifs is 1. The number of amides is 1. The first-order chi connectivity index (χ1) is 14.9. The summed E-state index contributed by atoms with van der Waals surface area (Å²) >= 11 is 0. The minimum atomic E-state index is -0.668. The predicted molar refractivity (Wildman–Crippen MR) is 110 cm³/mol. The average Bonchev–Trinajstić information content (AvgIpc) is 3.45. The zero-order chi connectivity index (χ0) is 21.8. The van der Waals surface area contributed by atoms with E-state index in [9.17, 15) is 18.7 Å². The van der Waals surface area contributed by atoms with E-state index in [1.165, 1.54) is 17.1 Å². The highest BCUT2D eigenvalue weighted by Gasteiger charge is 2.62. The van der Waals surface area contributed by atoms with Gasteiger partial charge in [0.2, 0.25) is 5.91 Å². The molecule has 0 spiro atoms. The number of hydrogen-bond acceptors (Lipinski definition) is 4. The Hall–Kier alpha value is -2.80. The van der Waals surface area contributed by atoms with Crippen LogP contribution in [0.4, 0.5) is 8.78 Å². The Morgan fingerprint density at radius 2 is 1.84 bits per heavy atom. The third kappa shape index (κ3) is 3.31. The zero-order valence-corrected chi connectivity index (χ0v) is 17.2. The van der Waals surface area contributed by atoms with Crippen LogP contribution in [0.5, 0.6) is 5.75 Å². The van der Waals surface area contributed by atoms with Gasteiger partial charge in [-0.1, -0.05) is 12.1 Å². The lowest BCUT2D eigenvalue weighted by Gasteiger charge is -2.42. The van der Waals surface area contributed by atoms with Gasteiger partial charge in [0, 0.05) is 30.0 Å². The molecule has 3 saturated carbocycles. The van der Waals surface area contributed by atoms with E-state index in [1.807, 2.05) is 24.3 Å². The first-order valence-corrected chi connectivity index (χ1v) is 10.5. The molecule has 2 aromatic carbocycles. The molecule has 0 aromatic heterocycles. The summed E-state index contributed by atoms with van der Waals surface area (Å²) in [6, 6.07) is 10.2. The minimum absolute atomic E-state index is 0.130. The van der Waals surface area contributed by atoms with Gasteiger partial charge in [0.15, 0.2) is 0 Å². The molecule has 1 heterocycles. The van der Waals surface area contributed by atoms with Crippen LogP contribution in [0, 0.1) is 28.9 Å². The first-order valence-electron chi connectivity index (χ1n) is 10.5. The molecule has 3 aliphatic carbocycles. The molecule has 2 bridgehead atoms. The van der Waals surface area contributed by atoms with Crippen LogP contribution in [0.15, 0.2) is 47.6 Å². The molecule has 6 rings (SSSR count). The normalized spacial score (nSPS) is 29.7. The summed E-state index contributed by atoms with van der Waals surface area (Å²) in [5, 5.41) is 16.7. The van der Waals surface area contributed by atoms with Gasteiger partial charge in [-0.15, -0.1) is 0 Å². The summed E-state index contributed by atoms with van der Waals surface area (Å²) in [7, 11) is 1.60. The molecule has 0 saturated heterocycles. The predicted octanol–water partition coefficient (Wildman–Crippen LogP) is 4.38. The lowest BCUT2D eigenvalue weighted by atomic mass is 9.64. The molecular formula is C24H24F2N2O3. The van der Waals surface area contributed by atoms with Gasteiger partial charge in [-0.3, -0.25) is 4.79 Å². The zero-order valence-electron chi connectivity index (χ0n) is 17.2.